The molecule has 1 amide bonds. The second-order valence-corrected chi connectivity index (χ2v) is 14.3. The summed E-state index contributed by atoms with van der Waals surface area (Å²) in [7, 11) is 1.56. The summed E-state index contributed by atoms with van der Waals surface area (Å²) in [5, 5.41) is 6.73. The van der Waals surface area contributed by atoms with Gasteiger partial charge in [0.05, 0.1) is 0 Å². The molecule has 0 spiro atoms. The van der Waals surface area contributed by atoms with Gasteiger partial charge in [0, 0.05) is 19.2 Å². The van der Waals surface area contributed by atoms with Gasteiger partial charge in [-0.05, 0) is 111 Å². The fourth-order valence-corrected chi connectivity index (χ4v) is 9.30. The van der Waals surface area contributed by atoms with Crippen LogP contribution in [-0.2, 0) is 9.57 Å². The summed E-state index contributed by atoms with van der Waals surface area (Å²) in [4.78, 5) is 17.2. The van der Waals surface area contributed by atoms with Crippen molar-refractivity contribution >= 4 is 12.3 Å². The Morgan fingerprint density at radius 2 is 1.92 bits per heavy atom. The number of carbonyl (C=O) groups is 1. The summed E-state index contributed by atoms with van der Waals surface area (Å²) in [6.07, 6.45) is 24.0. The Morgan fingerprint density at radius 3 is 2.72 bits per heavy atom. The first-order valence-electron chi connectivity index (χ1n) is 16.5. The van der Waals surface area contributed by atoms with Crippen LogP contribution < -0.4 is 5.32 Å². The Labute approximate surface area is 239 Å². The molecule has 7 atom stereocenters. The van der Waals surface area contributed by atoms with E-state index in [0.717, 1.165) is 68.1 Å². The minimum absolute atomic E-state index is 0.0293. The van der Waals surface area contributed by atoms with Crippen LogP contribution in [-0.4, -0.2) is 32.1 Å². The van der Waals surface area contributed by atoms with Crippen molar-refractivity contribution in [3.8, 4) is 0 Å². The number of hydrogen-bond donors (Lipinski definition) is 1. The Balaban J connectivity index is 1.25. The molecule has 3 saturated carbocycles. The summed E-state index contributed by atoms with van der Waals surface area (Å²) in [6.45, 7) is 10.6. The number of unbranched alkanes of at least 4 members (excludes halogenated alkanes) is 4. The van der Waals surface area contributed by atoms with E-state index in [1.165, 1.54) is 64.2 Å². The number of carbonyl (C=O) groups excluding carboxylic acids is 1. The van der Waals surface area contributed by atoms with Crippen LogP contribution in [0.1, 0.15) is 130 Å². The molecule has 5 heteroatoms. The van der Waals surface area contributed by atoms with E-state index >= 15 is 0 Å². The Hall–Kier alpha value is -1.52. The second-order valence-electron chi connectivity index (χ2n) is 14.3. The smallest absolute Gasteiger partial charge is 0.407 e. The SMILES string of the molecule is CON=CCCCCCNC(=O)OC1CCC2(C)C(=CCC3C2CCC2(C)C(CCCCC(C)C)CCC32)C1. The molecule has 4 rings (SSSR count). The molecule has 0 aromatic rings. The van der Waals surface area contributed by atoms with Gasteiger partial charge in [0.15, 0.2) is 0 Å². The highest BCUT2D eigenvalue weighted by molar-refractivity contribution is 5.67. The molecule has 39 heavy (non-hydrogen) atoms. The summed E-state index contributed by atoms with van der Waals surface area (Å²) in [6, 6.07) is 0. The number of oxime groups is 1. The van der Waals surface area contributed by atoms with Crippen molar-refractivity contribution < 1.29 is 14.4 Å². The van der Waals surface area contributed by atoms with Crippen LogP contribution in [0.4, 0.5) is 4.79 Å². The van der Waals surface area contributed by atoms with E-state index in [9.17, 15) is 4.79 Å². The number of rotatable bonds is 13. The van der Waals surface area contributed by atoms with Crippen molar-refractivity contribution in [1.82, 2.24) is 5.32 Å². The molecule has 1 N–H and O–H groups in total. The van der Waals surface area contributed by atoms with E-state index in [0.29, 0.717) is 17.4 Å². The number of nitrogens with one attached hydrogen (secondary N) is 1. The molecular weight excluding hydrogens is 484 g/mol. The van der Waals surface area contributed by atoms with Gasteiger partial charge in [-0.15, -0.1) is 0 Å². The van der Waals surface area contributed by atoms with Crippen LogP contribution >= 0.6 is 0 Å². The van der Waals surface area contributed by atoms with Gasteiger partial charge >= 0.3 is 6.09 Å². The summed E-state index contributed by atoms with van der Waals surface area (Å²) in [5.74, 6) is 4.38. The molecule has 0 radical (unpaired) electrons. The minimum atomic E-state index is -0.238. The zero-order valence-corrected chi connectivity index (χ0v) is 25.8. The zero-order chi connectivity index (χ0) is 27.9. The lowest BCUT2D eigenvalue weighted by molar-refractivity contribution is -0.0519. The largest absolute Gasteiger partial charge is 0.446 e. The average molecular weight is 543 g/mol. The number of nitrogens with zero attached hydrogens (tertiary/aromatic N) is 1. The molecule has 0 aliphatic heterocycles. The fourth-order valence-electron chi connectivity index (χ4n) is 9.30. The third-order valence-corrected chi connectivity index (χ3v) is 11.6. The van der Waals surface area contributed by atoms with Crippen molar-refractivity contribution in [2.75, 3.05) is 13.7 Å². The number of fused-ring (bicyclic) bond motifs is 5. The van der Waals surface area contributed by atoms with Crippen LogP contribution in [0.3, 0.4) is 0 Å². The lowest BCUT2D eigenvalue weighted by atomic mass is 9.47. The van der Waals surface area contributed by atoms with Gasteiger partial charge < -0.3 is 14.9 Å². The molecule has 7 unspecified atom stereocenters. The molecule has 0 bridgehead atoms. The molecule has 4 aliphatic rings. The maximum Gasteiger partial charge on any atom is 0.407 e. The van der Waals surface area contributed by atoms with E-state index < -0.39 is 0 Å². The van der Waals surface area contributed by atoms with Crippen LogP contribution in [0.25, 0.3) is 0 Å². The quantitative estimate of drug-likeness (QED) is 0.109. The predicted molar refractivity (Wildman–Crippen MR) is 161 cm³/mol. The number of alkyl carbamates (subject to hydrolysis) is 1. The number of ether oxygens (including phenoxy) is 1. The summed E-state index contributed by atoms with van der Waals surface area (Å²) in [5.41, 5.74) is 2.47. The van der Waals surface area contributed by atoms with Crippen LogP contribution in [0.15, 0.2) is 16.8 Å². The normalized spacial score (nSPS) is 35.7. The standard InChI is InChI=1S/C34H58N2O3/c1-25(2)12-8-9-13-26-15-17-30-29-16-14-27-24-28(18-20-34(27,4)31(29)19-21-33(26,30)3)39-32(37)35-22-10-6-7-11-23-36-38-5/h14,23,25-26,28-31H,6-13,15-22,24H2,1-5H3,(H,35,37). The first-order valence-corrected chi connectivity index (χ1v) is 16.5. The minimum Gasteiger partial charge on any atom is -0.446 e. The monoisotopic (exact) mass is 542 g/mol. The predicted octanol–water partition coefficient (Wildman–Crippen LogP) is 9.07. The lowest BCUT2D eigenvalue weighted by Crippen LogP contribution is -2.50. The van der Waals surface area contributed by atoms with Gasteiger partial charge in [-0.2, -0.15) is 0 Å². The van der Waals surface area contributed by atoms with Gasteiger partial charge in [-0.25, -0.2) is 4.79 Å². The van der Waals surface area contributed by atoms with Crippen LogP contribution in [0.2, 0.25) is 0 Å². The highest BCUT2D eigenvalue weighted by Gasteiger charge is 2.58. The maximum atomic E-state index is 12.5. The van der Waals surface area contributed by atoms with Crippen LogP contribution in [0.5, 0.6) is 0 Å². The molecule has 0 aromatic carbocycles. The maximum absolute atomic E-state index is 12.5. The second kappa shape index (κ2) is 13.9. The number of hydrogen-bond acceptors (Lipinski definition) is 4. The van der Waals surface area contributed by atoms with Gasteiger partial charge in [-0.3, -0.25) is 0 Å². The van der Waals surface area contributed by atoms with E-state index in [-0.39, 0.29) is 12.2 Å². The van der Waals surface area contributed by atoms with E-state index in [4.69, 9.17) is 4.74 Å². The summed E-state index contributed by atoms with van der Waals surface area (Å²) < 4.78 is 5.91. The van der Waals surface area contributed by atoms with E-state index in [1.54, 1.807) is 18.9 Å². The third-order valence-electron chi connectivity index (χ3n) is 11.6. The molecule has 3 fully saturated rings. The van der Waals surface area contributed by atoms with Gasteiger partial charge in [0.25, 0.3) is 0 Å². The first kappa shape index (κ1) is 30.4. The zero-order valence-electron chi connectivity index (χ0n) is 25.8. The summed E-state index contributed by atoms with van der Waals surface area (Å²) >= 11 is 0. The topological polar surface area (TPSA) is 59.9 Å². The molecule has 4 aliphatic carbocycles. The third kappa shape index (κ3) is 7.22. The van der Waals surface area contributed by atoms with Gasteiger partial charge in [0.1, 0.15) is 13.2 Å². The van der Waals surface area contributed by atoms with Crippen molar-refractivity contribution in [3.05, 3.63) is 11.6 Å². The Morgan fingerprint density at radius 1 is 1.08 bits per heavy atom. The lowest BCUT2D eigenvalue weighted by Gasteiger charge is -2.58. The molecule has 222 valence electrons. The molecule has 0 aromatic heterocycles. The Kier molecular flexibility index (Phi) is 10.8. The highest BCUT2D eigenvalue weighted by Crippen LogP contribution is 2.66. The number of allylic oxidation sites excluding steroid dienone is 1. The molecule has 0 heterocycles. The van der Waals surface area contributed by atoms with Crippen LogP contribution in [0, 0.1) is 40.4 Å². The Bertz CT molecular complexity index is 853. The van der Waals surface area contributed by atoms with E-state index in [1.807, 2.05) is 0 Å². The fraction of sp³-hybridized carbons (Fsp3) is 0.882. The van der Waals surface area contributed by atoms with Crippen molar-refractivity contribution in [3.63, 3.8) is 0 Å². The molecule has 5 nitrogen and oxygen atoms in total. The van der Waals surface area contributed by atoms with E-state index in [2.05, 4.69) is 49.1 Å². The first-order chi connectivity index (χ1) is 18.8. The molecular formula is C34H58N2O3. The molecule has 0 saturated heterocycles. The van der Waals surface area contributed by atoms with Gasteiger partial charge in [0.2, 0.25) is 0 Å². The van der Waals surface area contributed by atoms with Crippen molar-refractivity contribution in [1.29, 1.82) is 0 Å². The highest BCUT2D eigenvalue weighted by atomic mass is 16.6. The van der Waals surface area contributed by atoms with Crippen molar-refractivity contribution in [2.24, 2.45) is 45.6 Å². The average Bonchev–Trinajstić information content (AvgIpc) is 3.24. The number of amides is 1. The van der Waals surface area contributed by atoms with Gasteiger partial charge in [-0.1, -0.05) is 70.2 Å². The van der Waals surface area contributed by atoms with Crippen molar-refractivity contribution in [2.45, 2.75) is 137 Å².